The third kappa shape index (κ3) is 2.56. The summed E-state index contributed by atoms with van der Waals surface area (Å²) in [5, 5.41) is 6.23. The molecule has 0 spiro atoms. The molecule has 102 valence electrons. The highest BCUT2D eigenvalue weighted by molar-refractivity contribution is 5.96. The van der Waals surface area contributed by atoms with E-state index in [2.05, 4.69) is 21.7 Å². The van der Waals surface area contributed by atoms with Crippen LogP contribution in [0.5, 0.6) is 0 Å². The van der Waals surface area contributed by atoms with Gasteiger partial charge in [-0.15, -0.1) is 0 Å². The maximum absolute atomic E-state index is 12.4. The number of aryl methyl sites for hydroxylation is 1. The van der Waals surface area contributed by atoms with Gasteiger partial charge in [0.15, 0.2) is 0 Å². The molecule has 1 aromatic heterocycles. The SMILES string of the molecule is Cc1ccc(NC(=O)C2CNCc3ccccc32)cn1. The summed E-state index contributed by atoms with van der Waals surface area (Å²) in [5.74, 6) is -0.142. The number of fused-ring (bicyclic) bond motifs is 1. The minimum Gasteiger partial charge on any atom is -0.324 e. The van der Waals surface area contributed by atoms with Gasteiger partial charge in [-0.3, -0.25) is 9.78 Å². The van der Waals surface area contributed by atoms with Gasteiger partial charge in [-0.25, -0.2) is 0 Å². The second-order valence-electron chi connectivity index (χ2n) is 5.06. The van der Waals surface area contributed by atoms with Crippen LogP contribution < -0.4 is 10.6 Å². The summed E-state index contributed by atoms with van der Waals surface area (Å²) in [7, 11) is 0. The highest BCUT2D eigenvalue weighted by atomic mass is 16.1. The fourth-order valence-electron chi connectivity index (χ4n) is 2.50. The second-order valence-corrected chi connectivity index (χ2v) is 5.06. The lowest BCUT2D eigenvalue weighted by molar-refractivity contribution is -0.117. The molecule has 0 radical (unpaired) electrons. The van der Waals surface area contributed by atoms with Crippen LogP contribution in [0.2, 0.25) is 0 Å². The molecule has 1 aliphatic heterocycles. The van der Waals surface area contributed by atoms with Gasteiger partial charge in [-0.1, -0.05) is 24.3 Å². The predicted octanol–water partition coefficient (Wildman–Crippen LogP) is 2.22. The Hall–Kier alpha value is -2.20. The van der Waals surface area contributed by atoms with E-state index in [0.29, 0.717) is 6.54 Å². The summed E-state index contributed by atoms with van der Waals surface area (Å²) < 4.78 is 0. The van der Waals surface area contributed by atoms with Crippen molar-refractivity contribution in [3.8, 4) is 0 Å². The fraction of sp³-hybridized carbons (Fsp3) is 0.250. The number of hydrogen-bond donors (Lipinski definition) is 2. The number of carbonyl (C=O) groups is 1. The van der Waals surface area contributed by atoms with Crippen LogP contribution in [-0.4, -0.2) is 17.4 Å². The van der Waals surface area contributed by atoms with Crippen LogP contribution >= 0.6 is 0 Å². The van der Waals surface area contributed by atoms with E-state index in [-0.39, 0.29) is 11.8 Å². The minimum absolute atomic E-state index is 0.00954. The smallest absolute Gasteiger partial charge is 0.233 e. The molecule has 1 amide bonds. The molecule has 2 heterocycles. The second kappa shape index (κ2) is 5.43. The maximum atomic E-state index is 12.4. The highest BCUT2D eigenvalue weighted by Gasteiger charge is 2.25. The molecule has 0 aliphatic carbocycles. The lowest BCUT2D eigenvalue weighted by atomic mass is 9.90. The Morgan fingerprint density at radius 3 is 2.95 bits per heavy atom. The average Bonchev–Trinajstić information content (AvgIpc) is 2.49. The van der Waals surface area contributed by atoms with E-state index < -0.39 is 0 Å². The molecule has 0 saturated heterocycles. The van der Waals surface area contributed by atoms with Crippen LogP contribution in [0.3, 0.4) is 0 Å². The lowest BCUT2D eigenvalue weighted by Gasteiger charge is -2.25. The van der Waals surface area contributed by atoms with Crippen LogP contribution in [0.4, 0.5) is 5.69 Å². The first kappa shape index (κ1) is 12.8. The molecule has 0 saturated carbocycles. The number of benzene rings is 1. The van der Waals surface area contributed by atoms with Gasteiger partial charge in [0.2, 0.25) is 5.91 Å². The summed E-state index contributed by atoms with van der Waals surface area (Å²) in [6, 6.07) is 11.9. The zero-order chi connectivity index (χ0) is 13.9. The molecule has 4 heteroatoms. The Morgan fingerprint density at radius 2 is 2.15 bits per heavy atom. The van der Waals surface area contributed by atoms with Crippen molar-refractivity contribution in [2.75, 3.05) is 11.9 Å². The molecular weight excluding hydrogens is 250 g/mol. The molecule has 0 fully saturated rings. The van der Waals surface area contributed by atoms with Gasteiger partial charge in [-0.05, 0) is 30.2 Å². The van der Waals surface area contributed by atoms with E-state index in [1.807, 2.05) is 37.3 Å². The van der Waals surface area contributed by atoms with Gasteiger partial charge >= 0.3 is 0 Å². The number of pyridine rings is 1. The zero-order valence-electron chi connectivity index (χ0n) is 11.4. The molecule has 1 unspecified atom stereocenters. The first-order chi connectivity index (χ1) is 9.74. The molecule has 1 aromatic carbocycles. The number of carbonyl (C=O) groups excluding carboxylic acids is 1. The van der Waals surface area contributed by atoms with E-state index >= 15 is 0 Å². The van der Waals surface area contributed by atoms with Crippen LogP contribution in [0, 0.1) is 6.92 Å². The Morgan fingerprint density at radius 1 is 1.30 bits per heavy atom. The summed E-state index contributed by atoms with van der Waals surface area (Å²) in [4.78, 5) is 16.6. The van der Waals surface area contributed by atoms with Gasteiger partial charge in [0.1, 0.15) is 0 Å². The number of nitrogens with one attached hydrogen (secondary N) is 2. The molecule has 1 atom stereocenters. The van der Waals surface area contributed by atoms with Gasteiger partial charge in [0, 0.05) is 18.8 Å². The van der Waals surface area contributed by atoms with E-state index in [1.54, 1.807) is 6.20 Å². The Kier molecular flexibility index (Phi) is 3.48. The van der Waals surface area contributed by atoms with Crippen molar-refractivity contribution in [1.82, 2.24) is 10.3 Å². The largest absolute Gasteiger partial charge is 0.324 e. The van der Waals surface area contributed by atoms with E-state index in [1.165, 1.54) is 5.56 Å². The molecule has 3 rings (SSSR count). The minimum atomic E-state index is -0.152. The van der Waals surface area contributed by atoms with Crippen molar-refractivity contribution in [2.45, 2.75) is 19.4 Å². The molecule has 0 bridgehead atoms. The quantitative estimate of drug-likeness (QED) is 0.877. The predicted molar refractivity (Wildman–Crippen MR) is 78.5 cm³/mol. The van der Waals surface area contributed by atoms with Gasteiger partial charge in [-0.2, -0.15) is 0 Å². The van der Waals surface area contributed by atoms with Crippen molar-refractivity contribution in [2.24, 2.45) is 0 Å². The van der Waals surface area contributed by atoms with Crippen LogP contribution in [-0.2, 0) is 11.3 Å². The summed E-state index contributed by atoms with van der Waals surface area (Å²) in [6.07, 6.45) is 1.69. The fourth-order valence-corrected chi connectivity index (χ4v) is 2.50. The van der Waals surface area contributed by atoms with Crippen LogP contribution in [0.25, 0.3) is 0 Å². The maximum Gasteiger partial charge on any atom is 0.233 e. The van der Waals surface area contributed by atoms with Crippen molar-refractivity contribution < 1.29 is 4.79 Å². The van der Waals surface area contributed by atoms with Gasteiger partial charge < -0.3 is 10.6 Å². The van der Waals surface area contributed by atoms with Crippen molar-refractivity contribution >= 4 is 11.6 Å². The molecule has 20 heavy (non-hydrogen) atoms. The topological polar surface area (TPSA) is 54.0 Å². The third-order valence-electron chi connectivity index (χ3n) is 3.59. The summed E-state index contributed by atoms with van der Waals surface area (Å²) >= 11 is 0. The molecule has 2 aromatic rings. The average molecular weight is 267 g/mol. The Labute approximate surface area is 118 Å². The van der Waals surface area contributed by atoms with Crippen molar-refractivity contribution in [3.05, 3.63) is 59.4 Å². The standard InChI is InChI=1S/C16H17N3O/c1-11-6-7-13(9-18-11)19-16(20)15-10-17-8-12-4-2-3-5-14(12)15/h2-7,9,15,17H,8,10H2,1H3,(H,19,20). The van der Waals surface area contributed by atoms with E-state index in [0.717, 1.165) is 23.5 Å². The van der Waals surface area contributed by atoms with Crippen molar-refractivity contribution in [1.29, 1.82) is 0 Å². The number of nitrogens with zero attached hydrogens (tertiary/aromatic N) is 1. The van der Waals surface area contributed by atoms with Gasteiger partial charge in [0.05, 0.1) is 17.8 Å². The first-order valence-electron chi connectivity index (χ1n) is 6.76. The normalized spacial score (nSPS) is 17.4. The zero-order valence-corrected chi connectivity index (χ0v) is 11.4. The van der Waals surface area contributed by atoms with E-state index in [9.17, 15) is 4.79 Å². The Balaban J connectivity index is 1.80. The molecule has 4 nitrogen and oxygen atoms in total. The molecule has 1 aliphatic rings. The van der Waals surface area contributed by atoms with Crippen LogP contribution in [0.15, 0.2) is 42.6 Å². The highest BCUT2D eigenvalue weighted by Crippen LogP contribution is 2.25. The Bertz CT molecular complexity index is 622. The summed E-state index contributed by atoms with van der Waals surface area (Å²) in [5.41, 5.74) is 3.99. The molecular formula is C16H17N3O. The number of rotatable bonds is 2. The third-order valence-corrected chi connectivity index (χ3v) is 3.59. The van der Waals surface area contributed by atoms with E-state index in [4.69, 9.17) is 0 Å². The van der Waals surface area contributed by atoms with Crippen molar-refractivity contribution in [3.63, 3.8) is 0 Å². The summed E-state index contributed by atoms with van der Waals surface area (Å²) in [6.45, 7) is 3.42. The van der Waals surface area contributed by atoms with Crippen LogP contribution in [0.1, 0.15) is 22.7 Å². The molecule has 2 N–H and O–H groups in total. The first-order valence-corrected chi connectivity index (χ1v) is 6.76. The monoisotopic (exact) mass is 267 g/mol. The van der Waals surface area contributed by atoms with Gasteiger partial charge in [0.25, 0.3) is 0 Å². The number of aromatic nitrogens is 1. The number of anilines is 1. The number of amides is 1. The lowest BCUT2D eigenvalue weighted by Crippen LogP contribution is -2.35. The number of hydrogen-bond acceptors (Lipinski definition) is 3.